The number of aryl methyl sites for hydroxylation is 1. The summed E-state index contributed by atoms with van der Waals surface area (Å²) in [5.41, 5.74) is 0.645. The van der Waals surface area contributed by atoms with Gasteiger partial charge in [-0.25, -0.2) is 0 Å². The van der Waals surface area contributed by atoms with Crippen LogP contribution in [0.1, 0.15) is 61.9 Å². The predicted molar refractivity (Wildman–Crippen MR) is 86.8 cm³/mol. The van der Waals surface area contributed by atoms with Crippen molar-refractivity contribution in [3.63, 3.8) is 0 Å². The van der Waals surface area contributed by atoms with Crippen molar-refractivity contribution in [3.05, 3.63) is 18.0 Å². The van der Waals surface area contributed by atoms with Crippen molar-refractivity contribution in [1.29, 1.82) is 0 Å². The van der Waals surface area contributed by atoms with Crippen molar-refractivity contribution in [2.75, 3.05) is 13.1 Å². The third-order valence-electron chi connectivity index (χ3n) is 5.18. The van der Waals surface area contributed by atoms with Crippen LogP contribution in [0.2, 0.25) is 0 Å². The van der Waals surface area contributed by atoms with E-state index in [1.54, 1.807) is 16.9 Å². The first-order chi connectivity index (χ1) is 10.7. The van der Waals surface area contributed by atoms with E-state index in [9.17, 15) is 4.79 Å². The Morgan fingerprint density at radius 1 is 1.18 bits per heavy atom. The predicted octanol–water partition coefficient (Wildman–Crippen LogP) is 2.34. The summed E-state index contributed by atoms with van der Waals surface area (Å²) in [6.45, 7) is 2.21. The van der Waals surface area contributed by atoms with Crippen LogP contribution in [-0.4, -0.2) is 45.8 Å². The van der Waals surface area contributed by atoms with Gasteiger partial charge in [0.25, 0.3) is 5.91 Å². The van der Waals surface area contributed by atoms with Crippen LogP contribution in [0.3, 0.4) is 0 Å². The van der Waals surface area contributed by atoms with Crippen molar-refractivity contribution in [3.8, 4) is 0 Å². The molecule has 5 nitrogen and oxygen atoms in total. The number of amides is 1. The second-order valence-corrected chi connectivity index (χ2v) is 6.79. The molecule has 2 aliphatic rings. The van der Waals surface area contributed by atoms with Crippen molar-refractivity contribution in [2.24, 2.45) is 7.05 Å². The van der Waals surface area contributed by atoms with Crippen LogP contribution in [0.5, 0.6) is 0 Å². The normalized spacial score (nSPS) is 24.9. The zero-order valence-electron chi connectivity index (χ0n) is 13.6. The summed E-state index contributed by atoms with van der Waals surface area (Å²) in [7, 11) is 1.81. The molecular formula is C17H28N4O. The molecule has 1 aliphatic heterocycles. The van der Waals surface area contributed by atoms with Gasteiger partial charge in [-0.2, -0.15) is 5.10 Å². The van der Waals surface area contributed by atoms with E-state index in [-0.39, 0.29) is 11.9 Å². The van der Waals surface area contributed by atoms with E-state index in [0.29, 0.717) is 5.69 Å². The Balaban J connectivity index is 1.56. The number of hydrogen-bond acceptors (Lipinski definition) is 3. The van der Waals surface area contributed by atoms with Gasteiger partial charge < -0.3 is 5.32 Å². The molecule has 1 amide bonds. The quantitative estimate of drug-likeness (QED) is 0.872. The first-order valence-corrected chi connectivity index (χ1v) is 8.77. The molecule has 0 unspecified atom stereocenters. The highest BCUT2D eigenvalue weighted by molar-refractivity contribution is 5.92. The minimum absolute atomic E-state index is 0.00714. The summed E-state index contributed by atoms with van der Waals surface area (Å²) in [5, 5.41) is 7.28. The number of likely N-dealkylation sites (tertiary alicyclic amines) is 1. The van der Waals surface area contributed by atoms with Gasteiger partial charge >= 0.3 is 0 Å². The van der Waals surface area contributed by atoms with Crippen LogP contribution in [0.15, 0.2) is 12.3 Å². The number of aromatic nitrogens is 2. The van der Waals surface area contributed by atoms with Gasteiger partial charge in [0.1, 0.15) is 5.69 Å². The van der Waals surface area contributed by atoms with Crippen molar-refractivity contribution >= 4 is 5.91 Å². The molecule has 1 saturated carbocycles. The first-order valence-electron chi connectivity index (χ1n) is 8.77. The van der Waals surface area contributed by atoms with Gasteiger partial charge in [0, 0.05) is 31.9 Å². The van der Waals surface area contributed by atoms with E-state index >= 15 is 0 Å². The third-order valence-corrected chi connectivity index (χ3v) is 5.18. The molecule has 1 saturated heterocycles. The molecule has 1 N–H and O–H groups in total. The molecule has 1 aromatic heterocycles. The van der Waals surface area contributed by atoms with Gasteiger partial charge in [-0.1, -0.05) is 25.7 Å². The zero-order chi connectivity index (χ0) is 15.4. The van der Waals surface area contributed by atoms with Crippen LogP contribution in [0, 0.1) is 0 Å². The Labute approximate surface area is 133 Å². The summed E-state index contributed by atoms with van der Waals surface area (Å²) in [6, 6.07) is 2.79. The lowest BCUT2D eigenvalue weighted by Crippen LogP contribution is -2.51. The highest BCUT2D eigenvalue weighted by Gasteiger charge is 2.27. The molecular weight excluding hydrogens is 276 g/mol. The molecule has 0 aromatic carbocycles. The average Bonchev–Trinajstić information content (AvgIpc) is 2.78. The van der Waals surface area contributed by atoms with E-state index in [1.165, 1.54) is 51.5 Å². The summed E-state index contributed by atoms with van der Waals surface area (Å²) in [4.78, 5) is 15.0. The van der Waals surface area contributed by atoms with E-state index in [1.807, 2.05) is 7.05 Å². The summed E-state index contributed by atoms with van der Waals surface area (Å²) >= 11 is 0. The zero-order valence-corrected chi connectivity index (χ0v) is 13.6. The number of piperidine rings is 1. The Bertz CT molecular complexity index is 491. The standard InChI is InChI=1S/C17H28N4O/c1-20-16(10-11-18-20)17(22)19-14-7-6-12-21(13-14)15-8-4-2-3-5-9-15/h10-11,14-15H,2-9,12-13H2,1H3,(H,19,22)/t14-/m1/s1. The number of carbonyl (C=O) groups excluding carboxylic acids is 1. The fourth-order valence-electron chi connectivity index (χ4n) is 3.93. The number of hydrogen-bond donors (Lipinski definition) is 1. The van der Waals surface area contributed by atoms with E-state index < -0.39 is 0 Å². The molecule has 1 aliphatic carbocycles. The number of nitrogens with one attached hydrogen (secondary N) is 1. The van der Waals surface area contributed by atoms with Gasteiger partial charge in [-0.3, -0.25) is 14.4 Å². The van der Waals surface area contributed by atoms with Gasteiger partial charge in [-0.05, 0) is 38.3 Å². The topological polar surface area (TPSA) is 50.2 Å². The average molecular weight is 304 g/mol. The first kappa shape index (κ1) is 15.5. The van der Waals surface area contributed by atoms with Crippen molar-refractivity contribution in [1.82, 2.24) is 20.0 Å². The highest BCUT2D eigenvalue weighted by atomic mass is 16.2. The van der Waals surface area contributed by atoms with E-state index in [4.69, 9.17) is 0 Å². The number of nitrogens with zero attached hydrogens (tertiary/aromatic N) is 3. The molecule has 2 fully saturated rings. The monoisotopic (exact) mass is 304 g/mol. The molecule has 22 heavy (non-hydrogen) atoms. The van der Waals surface area contributed by atoms with Gasteiger partial charge in [0.15, 0.2) is 0 Å². The molecule has 3 rings (SSSR count). The summed E-state index contributed by atoms with van der Waals surface area (Å²) < 4.78 is 1.64. The van der Waals surface area contributed by atoms with Crippen molar-refractivity contribution < 1.29 is 4.79 Å². The third kappa shape index (κ3) is 3.69. The summed E-state index contributed by atoms with van der Waals surface area (Å²) in [5.74, 6) is 0.00714. The Hall–Kier alpha value is -1.36. The maximum atomic E-state index is 12.3. The van der Waals surface area contributed by atoms with E-state index in [0.717, 1.165) is 19.0 Å². The second kappa shape index (κ2) is 7.27. The lowest BCUT2D eigenvalue weighted by Gasteiger charge is -2.38. The number of carbonyl (C=O) groups is 1. The maximum Gasteiger partial charge on any atom is 0.269 e. The molecule has 122 valence electrons. The Morgan fingerprint density at radius 2 is 1.95 bits per heavy atom. The van der Waals surface area contributed by atoms with Gasteiger partial charge in [-0.15, -0.1) is 0 Å². The minimum Gasteiger partial charge on any atom is -0.347 e. The molecule has 1 atom stereocenters. The molecule has 2 heterocycles. The maximum absolute atomic E-state index is 12.3. The highest BCUT2D eigenvalue weighted by Crippen LogP contribution is 2.24. The van der Waals surface area contributed by atoms with Crippen LogP contribution >= 0.6 is 0 Å². The van der Waals surface area contributed by atoms with Gasteiger partial charge in [0.05, 0.1) is 0 Å². The van der Waals surface area contributed by atoms with E-state index in [2.05, 4.69) is 15.3 Å². The fourth-order valence-corrected chi connectivity index (χ4v) is 3.93. The largest absolute Gasteiger partial charge is 0.347 e. The molecule has 0 spiro atoms. The fraction of sp³-hybridized carbons (Fsp3) is 0.765. The van der Waals surface area contributed by atoms with Gasteiger partial charge in [0.2, 0.25) is 0 Å². The van der Waals surface area contributed by atoms with Crippen molar-refractivity contribution in [2.45, 2.75) is 63.5 Å². The SMILES string of the molecule is Cn1nccc1C(=O)N[C@@H]1CCCN(C2CCCCCC2)C1. The lowest BCUT2D eigenvalue weighted by atomic mass is 10.00. The van der Waals surface area contributed by atoms with Crippen LogP contribution in [-0.2, 0) is 7.05 Å². The molecule has 5 heteroatoms. The minimum atomic E-state index is 0.00714. The number of rotatable bonds is 3. The Morgan fingerprint density at radius 3 is 2.64 bits per heavy atom. The molecule has 0 bridgehead atoms. The second-order valence-electron chi connectivity index (χ2n) is 6.79. The van der Waals surface area contributed by atoms with Crippen LogP contribution in [0.25, 0.3) is 0 Å². The lowest BCUT2D eigenvalue weighted by molar-refractivity contribution is 0.0852. The molecule has 1 aromatic rings. The Kier molecular flexibility index (Phi) is 5.13. The summed E-state index contributed by atoms with van der Waals surface area (Å²) in [6.07, 6.45) is 12.1. The smallest absolute Gasteiger partial charge is 0.269 e. The molecule has 0 radical (unpaired) electrons. The van der Waals surface area contributed by atoms with Crippen LogP contribution in [0.4, 0.5) is 0 Å². The van der Waals surface area contributed by atoms with Crippen LogP contribution < -0.4 is 5.32 Å².